The molecule has 84 valence electrons. The molecule has 0 aliphatic heterocycles. The van der Waals surface area contributed by atoms with E-state index in [1.807, 2.05) is 17.5 Å². The fourth-order valence-electron chi connectivity index (χ4n) is 1.08. The summed E-state index contributed by atoms with van der Waals surface area (Å²) in [4.78, 5) is 12.5. The van der Waals surface area contributed by atoms with Gasteiger partial charge in [0.2, 0.25) is 0 Å². The Morgan fingerprint density at radius 3 is 2.60 bits per heavy atom. The first-order chi connectivity index (χ1) is 7.09. The number of rotatable bonds is 6. The van der Waals surface area contributed by atoms with Crippen molar-refractivity contribution in [3.05, 3.63) is 22.4 Å². The van der Waals surface area contributed by atoms with E-state index < -0.39 is 7.60 Å². The highest BCUT2D eigenvalue weighted by Crippen LogP contribution is 2.46. The molecular weight excluding hydrogens is 235 g/mol. The summed E-state index contributed by atoms with van der Waals surface area (Å²) in [5.41, 5.74) is 0. The molecule has 1 aromatic rings. The van der Waals surface area contributed by atoms with Gasteiger partial charge >= 0.3 is 7.60 Å². The van der Waals surface area contributed by atoms with Gasteiger partial charge < -0.3 is 9.05 Å². The summed E-state index contributed by atoms with van der Waals surface area (Å²) in [5.74, 6) is -0.135. The summed E-state index contributed by atoms with van der Waals surface area (Å²) in [6.45, 7) is 0. The average Bonchev–Trinajstić information content (AvgIpc) is 2.70. The molecule has 0 aliphatic rings. The summed E-state index contributed by atoms with van der Waals surface area (Å²) in [5, 5.41) is 1.90. The molecular formula is C9H13O4PS. The van der Waals surface area contributed by atoms with Crippen LogP contribution in [0.4, 0.5) is 0 Å². The summed E-state index contributed by atoms with van der Waals surface area (Å²) in [6, 6.07) is 3.74. The lowest BCUT2D eigenvalue weighted by atomic mass is 10.3. The maximum Gasteiger partial charge on any atom is 0.337 e. The largest absolute Gasteiger partial charge is 0.337 e. The Morgan fingerprint density at radius 1 is 1.47 bits per heavy atom. The molecule has 0 amide bonds. The molecule has 15 heavy (non-hydrogen) atoms. The lowest BCUT2D eigenvalue weighted by Crippen LogP contribution is -2.09. The molecule has 0 radical (unpaired) electrons. The maximum atomic E-state index is 11.6. The number of carbonyl (C=O) groups excluding carboxylic acids is 1. The van der Waals surface area contributed by atoms with E-state index >= 15 is 0 Å². The van der Waals surface area contributed by atoms with Crippen LogP contribution in [-0.2, 0) is 24.8 Å². The van der Waals surface area contributed by atoms with Gasteiger partial charge in [0.1, 0.15) is 11.9 Å². The van der Waals surface area contributed by atoms with Crippen LogP contribution in [0.15, 0.2) is 17.5 Å². The van der Waals surface area contributed by atoms with Crippen molar-refractivity contribution in [2.75, 3.05) is 20.4 Å². The zero-order valence-corrected chi connectivity index (χ0v) is 10.3. The topological polar surface area (TPSA) is 52.6 Å². The quantitative estimate of drug-likeness (QED) is 0.725. The highest BCUT2D eigenvalue weighted by atomic mass is 32.1. The second kappa shape index (κ2) is 5.56. The smallest absolute Gasteiger partial charge is 0.312 e. The van der Waals surface area contributed by atoms with E-state index in [-0.39, 0.29) is 18.4 Å². The highest BCUT2D eigenvalue weighted by Gasteiger charge is 2.25. The molecule has 0 aliphatic carbocycles. The lowest BCUT2D eigenvalue weighted by molar-refractivity contribution is -0.116. The van der Waals surface area contributed by atoms with Gasteiger partial charge in [0, 0.05) is 25.5 Å². The predicted octanol–water partition coefficient (Wildman–Crippen LogP) is 2.35. The van der Waals surface area contributed by atoms with Gasteiger partial charge in [0.25, 0.3) is 0 Å². The minimum atomic E-state index is -3.20. The Balaban J connectivity index is 2.53. The van der Waals surface area contributed by atoms with Crippen molar-refractivity contribution in [1.29, 1.82) is 0 Å². The van der Waals surface area contributed by atoms with Crippen molar-refractivity contribution in [2.45, 2.75) is 6.42 Å². The molecule has 0 saturated carbocycles. The van der Waals surface area contributed by atoms with E-state index in [2.05, 4.69) is 0 Å². The Labute approximate surface area is 92.7 Å². The van der Waals surface area contributed by atoms with Crippen molar-refractivity contribution in [3.63, 3.8) is 0 Å². The molecule has 0 unspecified atom stereocenters. The molecule has 6 heteroatoms. The summed E-state index contributed by atoms with van der Waals surface area (Å²) < 4.78 is 21.0. The Hall–Kier alpha value is -0.480. The van der Waals surface area contributed by atoms with Crippen molar-refractivity contribution in [1.82, 2.24) is 0 Å². The number of hydrogen-bond donors (Lipinski definition) is 0. The molecule has 0 aromatic carbocycles. The Kier molecular flexibility index (Phi) is 4.67. The summed E-state index contributed by atoms with van der Waals surface area (Å²) in [7, 11) is -0.640. The first-order valence-electron chi connectivity index (χ1n) is 4.34. The van der Waals surface area contributed by atoms with Crippen molar-refractivity contribution in [3.8, 4) is 0 Å². The molecule has 0 fully saturated rings. The van der Waals surface area contributed by atoms with Crippen LogP contribution in [0, 0.1) is 0 Å². The van der Waals surface area contributed by atoms with Gasteiger partial charge in [-0.3, -0.25) is 9.36 Å². The SMILES string of the molecule is COP(=O)(CC(=O)Cc1cccs1)OC. The Bertz CT molecular complexity index is 352. The fraction of sp³-hybridized carbons (Fsp3) is 0.444. The van der Waals surface area contributed by atoms with Crippen LogP contribution in [-0.4, -0.2) is 26.2 Å². The first-order valence-corrected chi connectivity index (χ1v) is 6.95. The number of thiophene rings is 1. The van der Waals surface area contributed by atoms with Crippen LogP contribution in [0.1, 0.15) is 4.88 Å². The first kappa shape index (κ1) is 12.6. The van der Waals surface area contributed by atoms with Gasteiger partial charge in [0.15, 0.2) is 0 Å². The van der Waals surface area contributed by atoms with Gasteiger partial charge in [0.05, 0.1) is 0 Å². The van der Waals surface area contributed by atoms with Gasteiger partial charge in [-0.05, 0) is 11.4 Å². The normalized spacial score (nSPS) is 11.6. The molecule has 4 nitrogen and oxygen atoms in total. The van der Waals surface area contributed by atoms with Crippen LogP contribution < -0.4 is 0 Å². The lowest BCUT2D eigenvalue weighted by Gasteiger charge is -2.11. The minimum Gasteiger partial charge on any atom is -0.312 e. The molecule has 1 aromatic heterocycles. The van der Waals surface area contributed by atoms with Gasteiger partial charge in [-0.25, -0.2) is 0 Å². The number of ketones is 1. The fourth-order valence-corrected chi connectivity index (χ4v) is 2.77. The van der Waals surface area contributed by atoms with Crippen molar-refractivity contribution >= 4 is 24.7 Å². The van der Waals surface area contributed by atoms with E-state index in [4.69, 9.17) is 9.05 Å². The average molecular weight is 248 g/mol. The standard InChI is InChI=1S/C9H13O4PS/c1-12-14(11,13-2)7-8(10)6-9-4-3-5-15-9/h3-5H,6-7H2,1-2H3. The van der Waals surface area contributed by atoms with E-state index in [1.54, 1.807) is 0 Å². The van der Waals surface area contributed by atoms with Crippen molar-refractivity contribution in [2.24, 2.45) is 0 Å². The van der Waals surface area contributed by atoms with E-state index in [9.17, 15) is 9.36 Å². The molecule has 0 atom stereocenters. The molecule has 1 rings (SSSR count). The predicted molar refractivity (Wildman–Crippen MR) is 59.5 cm³/mol. The third-order valence-electron chi connectivity index (χ3n) is 1.88. The van der Waals surface area contributed by atoms with E-state index in [1.165, 1.54) is 25.6 Å². The second-order valence-electron chi connectivity index (χ2n) is 2.93. The van der Waals surface area contributed by atoms with Crippen LogP contribution in [0.5, 0.6) is 0 Å². The number of carbonyl (C=O) groups is 1. The molecule has 0 N–H and O–H groups in total. The molecule has 0 spiro atoms. The van der Waals surface area contributed by atoms with Crippen LogP contribution in [0.3, 0.4) is 0 Å². The molecule has 0 saturated heterocycles. The van der Waals surface area contributed by atoms with Gasteiger partial charge in [-0.15, -0.1) is 11.3 Å². The zero-order valence-electron chi connectivity index (χ0n) is 8.63. The minimum absolute atomic E-state index is 0.135. The monoisotopic (exact) mass is 248 g/mol. The maximum absolute atomic E-state index is 11.6. The third kappa shape index (κ3) is 3.87. The van der Waals surface area contributed by atoms with E-state index in [0.717, 1.165) is 4.88 Å². The highest BCUT2D eigenvalue weighted by molar-refractivity contribution is 7.54. The summed E-state index contributed by atoms with van der Waals surface area (Å²) in [6.07, 6.45) is 0.117. The van der Waals surface area contributed by atoms with Crippen molar-refractivity contribution < 1.29 is 18.4 Å². The second-order valence-corrected chi connectivity index (χ2v) is 6.23. The summed E-state index contributed by atoms with van der Waals surface area (Å²) >= 11 is 1.50. The van der Waals surface area contributed by atoms with Gasteiger partial charge in [-0.2, -0.15) is 0 Å². The van der Waals surface area contributed by atoms with Crippen LogP contribution in [0.25, 0.3) is 0 Å². The van der Waals surface area contributed by atoms with Gasteiger partial charge in [-0.1, -0.05) is 6.07 Å². The number of Topliss-reactive ketones (excluding diaryl/α,β-unsaturated/α-hetero) is 1. The molecule has 0 bridgehead atoms. The molecule has 1 heterocycles. The zero-order chi connectivity index (χ0) is 11.3. The van der Waals surface area contributed by atoms with Crippen LogP contribution >= 0.6 is 18.9 Å². The Morgan fingerprint density at radius 2 is 2.13 bits per heavy atom. The third-order valence-corrected chi connectivity index (χ3v) is 4.61. The van der Waals surface area contributed by atoms with E-state index in [0.29, 0.717) is 0 Å². The van der Waals surface area contributed by atoms with Crippen LogP contribution in [0.2, 0.25) is 0 Å². The number of hydrogen-bond acceptors (Lipinski definition) is 5.